The van der Waals surface area contributed by atoms with Crippen LogP contribution in [0.25, 0.3) is 22.3 Å². The van der Waals surface area contributed by atoms with Crippen molar-refractivity contribution in [3.05, 3.63) is 78.0 Å². The number of carbonyl (C=O) groups is 1. The standard InChI is InChI=1S/C21H19N3O2/c1-2-26-21(25)17-13-18-20(22-17)19(16-11-7-4-8-12-16)23-24(18)14-15-9-5-3-6-10-15/h3-13,22H,2,14H2,1H3. The minimum atomic E-state index is -0.353. The molecule has 2 aromatic heterocycles. The topological polar surface area (TPSA) is 59.9 Å². The van der Waals surface area contributed by atoms with Crippen LogP contribution in [0.5, 0.6) is 0 Å². The average molecular weight is 345 g/mol. The van der Waals surface area contributed by atoms with Crippen LogP contribution in [0.2, 0.25) is 0 Å². The first-order valence-electron chi connectivity index (χ1n) is 8.62. The molecule has 0 amide bonds. The van der Waals surface area contributed by atoms with E-state index >= 15 is 0 Å². The van der Waals surface area contributed by atoms with Gasteiger partial charge in [-0.05, 0) is 18.6 Å². The molecule has 0 spiro atoms. The van der Waals surface area contributed by atoms with Crippen LogP contribution in [0.3, 0.4) is 0 Å². The van der Waals surface area contributed by atoms with E-state index in [4.69, 9.17) is 9.84 Å². The lowest BCUT2D eigenvalue weighted by Gasteiger charge is -2.03. The number of nitrogens with one attached hydrogen (secondary N) is 1. The number of aromatic nitrogens is 3. The minimum absolute atomic E-state index is 0.343. The van der Waals surface area contributed by atoms with Gasteiger partial charge in [0.1, 0.15) is 11.4 Å². The third-order valence-electron chi connectivity index (χ3n) is 4.25. The number of esters is 1. The lowest BCUT2D eigenvalue weighted by Crippen LogP contribution is -2.05. The molecule has 0 aliphatic carbocycles. The van der Waals surface area contributed by atoms with Crippen molar-refractivity contribution in [1.29, 1.82) is 0 Å². The van der Waals surface area contributed by atoms with E-state index in [9.17, 15) is 4.79 Å². The molecule has 0 saturated carbocycles. The van der Waals surface area contributed by atoms with Gasteiger partial charge in [0.2, 0.25) is 0 Å². The van der Waals surface area contributed by atoms with E-state index in [0.717, 1.165) is 27.9 Å². The number of hydrogen-bond donors (Lipinski definition) is 1. The van der Waals surface area contributed by atoms with Crippen molar-refractivity contribution in [2.45, 2.75) is 13.5 Å². The maximum Gasteiger partial charge on any atom is 0.354 e. The fourth-order valence-electron chi connectivity index (χ4n) is 3.05. The van der Waals surface area contributed by atoms with Crippen LogP contribution in [0, 0.1) is 0 Å². The molecule has 130 valence electrons. The van der Waals surface area contributed by atoms with E-state index in [1.54, 1.807) is 6.92 Å². The van der Waals surface area contributed by atoms with E-state index in [1.807, 2.05) is 59.3 Å². The Morgan fingerprint density at radius 3 is 2.46 bits per heavy atom. The number of ether oxygens (including phenoxy) is 1. The number of rotatable bonds is 5. The van der Waals surface area contributed by atoms with Crippen molar-refractivity contribution in [1.82, 2.24) is 14.8 Å². The Bertz CT molecular complexity index is 1030. The number of nitrogens with zero attached hydrogens (tertiary/aromatic N) is 2. The fourth-order valence-corrected chi connectivity index (χ4v) is 3.05. The summed E-state index contributed by atoms with van der Waals surface area (Å²) in [5.41, 5.74) is 5.15. The number of H-pyrrole nitrogens is 1. The van der Waals surface area contributed by atoms with Crippen LogP contribution in [0.1, 0.15) is 23.0 Å². The van der Waals surface area contributed by atoms with Crippen LogP contribution >= 0.6 is 0 Å². The largest absolute Gasteiger partial charge is 0.461 e. The van der Waals surface area contributed by atoms with Crippen LogP contribution in [-0.2, 0) is 11.3 Å². The highest BCUT2D eigenvalue weighted by atomic mass is 16.5. The highest BCUT2D eigenvalue weighted by Crippen LogP contribution is 2.28. The highest BCUT2D eigenvalue weighted by molar-refractivity contribution is 5.98. The van der Waals surface area contributed by atoms with Gasteiger partial charge in [-0.15, -0.1) is 0 Å². The maximum absolute atomic E-state index is 12.1. The molecule has 0 atom stereocenters. The van der Waals surface area contributed by atoms with E-state index in [1.165, 1.54) is 0 Å². The smallest absolute Gasteiger partial charge is 0.354 e. The Balaban J connectivity index is 1.84. The predicted molar refractivity (Wildman–Crippen MR) is 101 cm³/mol. The molecule has 5 nitrogen and oxygen atoms in total. The Kier molecular flexibility index (Phi) is 4.27. The molecule has 0 bridgehead atoms. The lowest BCUT2D eigenvalue weighted by molar-refractivity contribution is 0.0520. The molecule has 0 fully saturated rings. The zero-order valence-corrected chi connectivity index (χ0v) is 14.5. The molecule has 4 rings (SSSR count). The third kappa shape index (κ3) is 2.99. The molecule has 0 aliphatic rings. The summed E-state index contributed by atoms with van der Waals surface area (Å²) in [7, 11) is 0. The van der Waals surface area contributed by atoms with Gasteiger partial charge in [0, 0.05) is 5.56 Å². The Morgan fingerprint density at radius 2 is 1.77 bits per heavy atom. The van der Waals surface area contributed by atoms with Gasteiger partial charge in [0.05, 0.1) is 24.2 Å². The third-order valence-corrected chi connectivity index (χ3v) is 4.25. The molecule has 0 aliphatic heterocycles. The van der Waals surface area contributed by atoms with Crippen molar-refractivity contribution in [2.24, 2.45) is 0 Å². The maximum atomic E-state index is 12.1. The molecule has 0 radical (unpaired) electrons. The molecule has 0 saturated heterocycles. The number of aromatic amines is 1. The zero-order chi connectivity index (χ0) is 17.9. The van der Waals surface area contributed by atoms with Crippen LogP contribution in [0.15, 0.2) is 66.7 Å². The Labute approximate surface area is 151 Å². The SMILES string of the molecule is CCOC(=O)c1cc2c([nH]1)c(-c1ccccc1)nn2Cc1ccccc1. The Hall–Kier alpha value is -3.34. The second-order valence-electron chi connectivity index (χ2n) is 6.02. The molecule has 0 unspecified atom stereocenters. The summed E-state index contributed by atoms with van der Waals surface area (Å²) < 4.78 is 7.05. The molecule has 5 heteroatoms. The fraction of sp³-hybridized carbons (Fsp3) is 0.143. The molecule has 2 heterocycles. The second kappa shape index (κ2) is 6.88. The summed E-state index contributed by atoms with van der Waals surface area (Å²) in [6.07, 6.45) is 0. The van der Waals surface area contributed by atoms with Crippen molar-refractivity contribution in [3.8, 4) is 11.3 Å². The van der Waals surface area contributed by atoms with E-state index in [2.05, 4.69) is 17.1 Å². The monoisotopic (exact) mass is 345 g/mol. The van der Waals surface area contributed by atoms with E-state index < -0.39 is 0 Å². The van der Waals surface area contributed by atoms with Gasteiger partial charge in [-0.1, -0.05) is 60.7 Å². The van der Waals surface area contributed by atoms with Gasteiger partial charge in [-0.3, -0.25) is 4.68 Å². The molecule has 4 aromatic rings. The van der Waals surface area contributed by atoms with Gasteiger partial charge >= 0.3 is 5.97 Å². The van der Waals surface area contributed by atoms with E-state index in [-0.39, 0.29) is 5.97 Å². The quantitative estimate of drug-likeness (QED) is 0.550. The number of carbonyl (C=O) groups excluding carboxylic acids is 1. The van der Waals surface area contributed by atoms with Crippen molar-refractivity contribution < 1.29 is 9.53 Å². The highest BCUT2D eigenvalue weighted by Gasteiger charge is 2.19. The van der Waals surface area contributed by atoms with Crippen LogP contribution in [0.4, 0.5) is 0 Å². The number of hydrogen-bond acceptors (Lipinski definition) is 3. The van der Waals surface area contributed by atoms with Gasteiger partial charge in [0.15, 0.2) is 0 Å². The summed E-state index contributed by atoms with van der Waals surface area (Å²) in [4.78, 5) is 15.3. The summed E-state index contributed by atoms with van der Waals surface area (Å²) in [6, 6.07) is 21.9. The number of fused-ring (bicyclic) bond motifs is 1. The van der Waals surface area contributed by atoms with Gasteiger partial charge in [-0.2, -0.15) is 5.10 Å². The Morgan fingerprint density at radius 1 is 1.08 bits per heavy atom. The average Bonchev–Trinajstić information content (AvgIpc) is 3.24. The van der Waals surface area contributed by atoms with Crippen LogP contribution < -0.4 is 0 Å². The van der Waals surface area contributed by atoms with Crippen molar-refractivity contribution in [2.75, 3.05) is 6.61 Å². The first-order chi connectivity index (χ1) is 12.8. The molecular weight excluding hydrogens is 326 g/mol. The summed E-state index contributed by atoms with van der Waals surface area (Å²) in [6.45, 7) is 2.77. The van der Waals surface area contributed by atoms with Gasteiger partial charge in [-0.25, -0.2) is 4.79 Å². The van der Waals surface area contributed by atoms with Crippen molar-refractivity contribution >= 4 is 17.0 Å². The predicted octanol–water partition coefficient (Wildman–Crippen LogP) is 4.26. The molecule has 1 N–H and O–H groups in total. The summed E-state index contributed by atoms with van der Waals surface area (Å²) in [5.74, 6) is -0.353. The second-order valence-corrected chi connectivity index (χ2v) is 6.02. The first-order valence-corrected chi connectivity index (χ1v) is 8.62. The summed E-state index contributed by atoms with van der Waals surface area (Å²) >= 11 is 0. The lowest BCUT2D eigenvalue weighted by atomic mass is 10.1. The van der Waals surface area contributed by atoms with Crippen LogP contribution in [-0.4, -0.2) is 27.3 Å². The van der Waals surface area contributed by atoms with E-state index in [0.29, 0.717) is 18.8 Å². The first kappa shape index (κ1) is 16.1. The number of benzene rings is 2. The normalized spacial score (nSPS) is 11.0. The van der Waals surface area contributed by atoms with Gasteiger partial charge < -0.3 is 9.72 Å². The molecule has 26 heavy (non-hydrogen) atoms. The zero-order valence-electron chi connectivity index (χ0n) is 14.5. The molecule has 2 aromatic carbocycles. The molecular formula is C21H19N3O2. The van der Waals surface area contributed by atoms with Crippen molar-refractivity contribution in [3.63, 3.8) is 0 Å². The summed E-state index contributed by atoms with van der Waals surface area (Å²) in [5, 5.41) is 4.79. The van der Waals surface area contributed by atoms with Gasteiger partial charge in [0.25, 0.3) is 0 Å². The minimum Gasteiger partial charge on any atom is -0.461 e.